The Hall–Kier alpha value is -2.39. The molecule has 0 spiro atoms. The van der Waals surface area contributed by atoms with Crippen LogP contribution in [0, 0.1) is 0 Å². The third-order valence-electron chi connectivity index (χ3n) is 7.34. The average Bonchev–Trinajstić information content (AvgIpc) is 3.75. The van der Waals surface area contributed by atoms with Crippen LogP contribution in [0.1, 0.15) is 12.5 Å². The Kier molecular flexibility index (Phi) is 7.67. The molecule has 2 bridgehead atoms. The van der Waals surface area contributed by atoms with E-state index in [1.807, 2.05) is 0 Å². The summed E-state index contributed by atoms with van der Waals surface area (Å²) in [6, 6.07) is 1.24. The largest absolute Gasteiger partial charge is 0.387 e. The highest BCUT2D eigenvalue weighted by atomic mass is 32.7. The second kappa shape index (κ2) is 11.1. The molecule has 236 valence electrons. The first kappa shape index (κ1) is 30.3. The number of imidazole rings is 2. The van der Waals surface area contributed by atoms with Gasteiger partial charge in [-0.3, -0.25) is 36.4 Å². The number of aliphatic hydroxyl groups is 2. The van der Waals surface area contributed by atoms with Crippen molar-refractivity contribution < 1.29 is 46.9 Å². The summed E-state index contributed by atoms with van der Waals surface area (Å²) in [5.41, 5.74) is 5.97. The number of anilines is 1. The summed E-state index contributed by atoms with van der Waals surface area (Å²) in [5.74, 6) is 0.225. The first-order valence-electron chi connectivity index (χ1n) is 12.9. The molecule has 0 aromatic carbocycles. The summed E-state index contributed by atoms with van der Waals surface area (Å²) in [6.45, 7) is -9.72. The number of aliphatic hydroxyl groups excluding tert-OH is 2. The Morgan fingerprint density at radius 3 is 2.36 bits per heavy atom. The Balaban J connectivity index is 1.21. The molecule has 10 atom stereocenters. The van der Waals surface area contributed by atoms with E-state index in [1.165, 1.54) is 50.8 Å². The lowest BCUT2D eigenvalue weighted by molar-refractivity contribution is -0.0578. The second-order valence-corrected chi connectivity index (χ2v) is 15.8. The van der Waals surface area contributed by atoms with E-state index >= 15 is 0 Å². The second-order valence-electron chi connectivity index (χ2n) is 10.0. The molecule has 7 heterocycles. The zero-order chi connectivity index (χ0) is 31.0. The predicted octanol–water partition coefficient (Wildman–Crippen LogP) is 0.328. The maximum Gasteiger partial charge on any atom is 0.386 e. The molecular formula is C21H24N8O11P2S2. The fourth-order valence-electron chi connectivity index (χ4n) is 5.32. The maximum atomic E-state index is 13.5. The molecule has 44 heavy (non-hydrogen) atoms. The van der Waals surface area contributed by atoms with Crippen molar-refractivity contribution in [3.05, 3.63) is 47.7 Å². The number of ether oxygens (including phenoxy) is 2. The fraction of sp³-hybridized carbons (Fsp3) is 0.476. The Morgan fingerprint density at radius 1 is 0.886 bits per heavy atom. The van der Waals surface area contributed by atoms with Gasteiger partial charge in [-0.2, -0.15) is 0 Å². The topological polar surface area (TPSA) is 239 Å². The van der Waals surface area contributed by atoms with Crippen molar-refractivity contribution in [2.24, 2.45) is 0 Å². The number of hydrogen-bond acceptors (Lipinski definition) is 16. The first-order valence-corrected chi connectivity index (χ1v) is 18.3. The smallest absolute Gasteiger partial charge is 0.386 e. The van der Waals surface area contributed by atoms with E-state index < -0.39 is 75.9 Å². The highest BCUT2D eigenvalue weighted by Crippen LogP contribution is 2.60. The lowest BCUT2D eigenvalue weighted by Crippen LogP contribution is -2.36. The molecule has 0 amide bonds. The van der Waals surface area contributed by atoms with E-state index in [4.69, 9.17) is 33.3 Å². The Labute approximate surface area is 256 Å². The van der Waals surface area contributed by atoms with Crippen LogP contribution >= 0.6 is 38.1 Å². The highest BCUT2D eigenvalue weighted by molar-refractivity contribution is 8.44. The molecule has 19 nitrogen and oxygen atoms in total. The van der Waals surface area contributed by atoms with E-state index in [0.29, 0.717) is 0 Å². The van der Waals surface area contributed by atoms with Gasteiger partial charge in [0.15, 0.2) is 23.9 Å². The highest BCUT2D eigenvalue weighted by Gasteiger charge is 2.53. The molecule has 0 radical (unpaired) electrons. The molecule has 0 aliphatic carbocycles. The molecule has 3 saturated heterocycles. The molecule has 7 rings (SSSR count). The van der Waals surface area contributed by atoms with Crippen molar-refractivity contribution in [2.75, 3.05) is 18.9 Å². The maximum absolute atomic E-state index is 13.5. The number of aromatic nitrogens is 7. The average molecular weight is 691 g/mol. The van der Waals surface area contributed by atoms with E-state index in [-0.39, 0.29) is 28.3 Å². The van der Waals surface area contributed by atoms with Crippen LogP contribution in [0.15, 0.2) is 42.1 Å². The zero-order valence-electron chi connectivity index (χ0n) is 22.1. The lowest BCUT2D eigenvalue weighted by atomic mass is 10.1. The molecule has 4 aromatic heterocycles. The van der Waals surface area contributed by atoms with Gasteiger partial charge in [0.1, 0.15) is 48.5 Å². The number of nitrogen functional groups attached to an aromatic ring is 1. The van der Waals surface area contributed by atoms with Gasteiger partial charge in [0.05, 0.1) is 19.5 Å². The van der Waals surface area contributed by atoms with Crippen LogP contribution in [-0.4, -0.2) is 93.5 Å². The number of fused-ring (bicyclic) bond motifs is 5. The van der Waals surface area contributed by atoms with Crippen molar-refractivity contribution in [2.45, 2.75) is 49.1 Å². The van der Waals surface area contributed by atoms with Crippen LogP contribution in [0.2, 0.25) is 0 Å². The van der Waals surface area contributed by atoms with Gasteiger partial charge in [-0.15, -0.1) is 0 Å². The molecule has 23 heteroatoms. The lowest BCUT2D eigenvalue weighted by Gasteiger charge is -2.27. The zero-order valence-corrected chi connectivity index (χ0v) is 25.6. The van der Waals surface area contributed by atoms with Gasteiger partial charge in [0.2, 0.25) is 5.78 Å². The quantitative estimate of drug-likeness (QED) is 0.141. The molecule has 3 fully saturated rings. The molecular weight excluding hydrogens is 666 g/mol. The van der Waals surface area contributed by atoms with Crippen molar-refractivity contribution in [3.8, 4) is 0 Å². The van der Waals surface area contributed by atoms with E-state index in [2.05, 4.69) is 44.4 Å². The molecule has 0 saturated carbocycles. The van der Waals surface area contributed by atoms with Crippen molar-refractivity contribution in [1.29, 1.82) is 0 Å². The van der Waals surface area contributed by atoms with E-state index in [0.717, 1.165) is 0 Å². The molecule has 3 aliphatic heterocycles. The molecule has 0 unspecified atom stereocenters. The van der Waals surface area contributed by atoms with E-state index in [1.54, 1.807) is 0 Å². The summed E-state index contributed by atoms with van der Waals surface area (Å²) >= 11 is 8.16. The predicted molar refractivity (Wildman–Crippen MR) is 154 cm³/mol. The summed E-state index contributed by atoms with van der Waals surface area (Å²) in [4.78, 5) is 28.6. The van der Waals surface area contributed by atoms with Crippen LogP contribution in [0.4, 0.5) is 5.82 Å². The van der Waals surface area contributed by atoms with E-state index in [9.17, 15) is 24.1 Å². The summed E-state index contributed by atoms with van der Waals surface area (Å²) in [7, 11) is 0. The van der Waals surface area contributed by atoms with Gasteiger partial charge in [0.25, 0.3) is 5.56 Å². The standard InChI is InChI=1S/C21H24N8O11P2S2/c22-17-12-18(25-7-24-17)29(8-26-12)19-14(32)15-10(38-19)6-36-42(34,44)40-16-13(31)9(5-35-41(33,43)39-15)37-20(16)28-3-1-11(30)27-4-2-23-21(27)28/h1-4,7-10,13-16,19-20,31-32H,5-6H2,(H,33,43)(H,34,44)(H2,22,24,25)/t9-,10-,13-,14-,15-,16-,19-,20-,41+,42-/m1/s1. The third kappa shape index (κ3) is 5.29. The minimum atomic E-state index is -4.33. The van der Waals surface area contributed by atoms with Crippen LogP contribution in [0.3, 0.4) is 0 Å². The SMILES string of the molecule is Nc1ncnc2c1ncn2[C@@H]1O[C@@H]2CO[P@@](=O)(S)O[C@@H]3[C@H](O)[C@@H](CO[P@](=O)(S)O[C@H]2[C@H]1O)O[C@H]3n1ccc(=O)n2ccnc12. The van der Waals surface area contributed by atoms with Gasteiger partial charge < -0.3 is 25.4 Å². The van der Waals surface area contributed by atoms with Crippen molar-refractivity contribution >= 4 is 60.9 Å². The number of hydrogen-bond donors (Lipinski definition) is 5. The number of nitrogens with two attached hydrogens (primary N) is 1. The Bertz CT molecular complexity index is 1890. The summed E-state index contributed by atoms with van der Waals surface area (Å²) in [5, 5.41) is 22.4. The van der Waals surface area contributed by atoms with Crippen molar-refractivity contribution in [1.82, 2.24) is 33.5 Å². The number of nitrogens with zero attached hydrogens (tertiary/aromatic N) is 7. The molecule has 4 aromatic rings. The monoisotopic (exact) mass is 690 g/mol. The van der Waals surface area contributed by atoms with Crippen LogP contribution in [0.25, 0.3) is 16.9 Å². The third-order valence-corrected chi connectivity index (χ3v) is 10.6. The van der Waals surface area contributed by atoms with Crippen LogP contribution in [-0.2, 0) is 36.7 Å². The summed E-state index contributed by atoms with van der Waals surface area (Å²) < 4.78 is 65.2. The van der Waals surface area contributed by atoms with Gasteiger partial charge in [-0.25, -0.2) is 29.1 Å². The van der Waals surface area contributed by atoms with Crippen LogP contribution in [0.5, 0.6) is 0 Å². The number of thiol groups is 2. The molecule has 4 N–H and O–H groups in total. The van der Waals surface area contributed by atoms with Gasteiger partial charge in [-0.1, -0.05) is 24.5 Å². The Morgan fingerprint density at radius 2 is 1.59 bits per heavy atom. The van der Waals surface area contributed by atoms with Crippen molar-refractivity contribution in [3.63, 3.8) is 0 Å². The first-order chi connectivity index (χ1) is 20.9. The fourth-order valence-corrected chi connectivity index (χ4v) is 8.27. The van der Waals surface area contributed by atoms with Gasteiger partial charge in [-0.05, 0) is 0 Å². The normalized spacial score (nSPS) is 38.3. The minimum Gasteiger partial charge on any atom is -0.387 e. The minimum absolute atomic E-state index is 0.0951. The molecule has 3 aliphatic rings. The van der Waals surface area contributed by atoms with Gasteiger partial charge in [0, 0.05) is 24.7 Å². The summed E-state index contributed by atoms with van der Waals surface area (Å²) in [6.07, 6.45) is -4.05. The van der Waals surface area contributed by atoms with Crippen LogP contribution < -0.4 is 11.3 Å². The number of rotatable bonds is 2. The van der Waals surface area contributed by atoms with Gasteiger partial charge >= 0.3 is 13.6 Å².